The van der Waals surface area contributed by atoms with Crippen molar-refractivity contribution in [1.82, 2.24) is 15.1 Å². The third kappa shape index (κ3) is 5.24. The molecule has 28 heavy (non-hydrogen) atoms. The summed E-state index contributed by atoms with van der Waals surface area (Å²) in [5, 5.41) is 3.30. The van der Waals surface area contributed by atoms with Crippen molar-refractivity contribution in [3.63, 3.8) is 0 Å². The number of anilines is 1. The van der Waals surface area contributed by atoms with E-state index in [-0.39, 0.29) is 0 Å². The Bertz CT molecular complexity index is 653. The van der Waals surface area contributed by atoms with Gasteiger partial charge in [-0.1, -0.05) is 6.07 Å². The maximum atomic E-state index is 13.3. The molecule has 0 bridgehead atoms. The minimum atomic E-state index is -4.34. The van der Waals surface area contributed by atoms with Crippen LogP contribution < -0.4 is 10.2 Å². The molecule has 0 spiro atoms. The normalized spacial score (nSPS) is 20.0. The fraction of sp³-hybridized carbons (Fsp3) is 0.650. The second-order valence-corrected chi connectivity index (χ2v) is 7.69. The largest absolute Gasteiger partial charge is 0.416 e. The molecule has 0 amide bonds. The highest BCUT2D eigenvalue weighted by atomic mass is 19.4. The molecule has 156 valence electrons. The maximum absolute atomic E-state index is 13.3. The Kier molecular flexibility index (Phi) is 6.95. The molecule has 5 nitrogen and oxygen atoms in total. The van der Waals surface area contributed by atoms with Crippen molar-refractivity contribution in [2.45, 2.75) is 31.6 Å². The Balaban J connectivity index is 1.77. The number of piperazine rings is 1. The van der Waals surface area contributed by atoms with Crippen LogP contribution in [0.5, 0.6) is 0 Å². The number of nitrogens with zero attached hydrogens (tertiary/aromatic N) is 3. The molecule has 2 aliphatic heterocycles. The van der Waals surface area contributed by atoms with Crippen molar-refractivity contribution < 1.29 is 18.0 Å². The van der Waals surface area contributed by atoms with Gasteiger partial charge in [0.2, 0.25) is 0 Å². The van der Waals surface area contributed by atoms with Gasteiger partial charge in [0, 0.05) is 57.5 Å². The van der Waals surface area contributed by atoms with Crippen LogP contribution in [-0.4, -0.2) is 75.0 Å². The number of halogens is 3. The number of hydrogen-bond acceptors (Lipinski definition) is 5. The van der Waals surface area contributed by atoms with E-state index in [1.54, 1.807) is 6.07 Å². The molecule has 2 saturated heterocycles. The zero-order valence-corrected chi connectivity index (χ0v) is 16.3. The summed E-state index contributed by atoms with van der Waals surface area (Å²) in [5.41, 5.74) is 1.06. The van der Waals surface area contributed by atoms with Gasteiger partial charge in [0.15, 0.2) is 0 Å². The third-order valence-electron chi connectivity index (χ3n) is 5.81. The van der Waals surface area contributed by atoms with Crippen LogP contribution in [0, 0.1) is 0 Å². The Labute approximate surface area is 164 Å². The molecular weight excluding hydrogens is 369 g/mol. The van der Waals surface area contributed by atoms with Gasteiger partial charge in [0.05, 0.1) is 12.1 Å². The van der Waals surface area contributed by atoms with Crippen LogP contribution in [0.1, 0.15) is 24.0 Å². The van der Waals surface area contributed by atoms with Gasteiger partial charge < -0.3 is 15.0 Å². The number of benzene rings is 1. The van der Waals surface area contributed by atoms with Gasteiger partial charge in [-0.3, -0.25) is 9.80 Å². The average molecular weight is 398 g/mol. The van der Waals surface area contributed by atoms with E-state index in [2.05, 4.69) is 15.1 Å². The molecule has 0 atom stereocenters. The highest BCUT2D eigenvalue weighted by Crippen LogP contribution is 2.35. The predicted octanol–water partition coefficient (Wildman–Crippen LogP) is 2.21. The van der Waals surface area contributed by atoms with E-state index in [9.17, 15) is 18.0 Å². The first-order chi connectivity index (χ1) is 13.4. The highest BCUT2D eigenvalue weighted by Gasteiger charge is 2.32. The Hall–Kier alpha value is -1.64. The molecule has 0 radical (unpaired) electrons. The van der Waals surface area contributed by atoms with E-state index in [1.165, 1.54) is 12.1 Å². The minimum Gasteiger partial charge on any atom is -0.371 e. The van der Waals surface area contributed by atoms with E-state index in [4.69, 9.17) is 0 Å². The topological polar surface area (TPSA) is 38.8 Å². The van der Waals surface area contributed by atoms with E-state index in [1.807, 2.05) is 11.9 Å². The number of piperidine rings is 1. The zero-order valence-electron chi connectivity index (χ0n) is 16.3. The van der Waals surface area contributed by atoms with Gasteiger partial charge in [-0.05, 0) is 37.6 Å². The summed E-state index contributed by atoms with van der Waals surface area (Å²) in [6.45, 7) is 6.07. The van der Waals surface area contributed by atoms with Crippen LogP contribution in [-0.2, 0) is 17.5 Å². The number of rotatable bonds is 6. The molecule has 0 unspecified atom stereocenters. The van der Waals surface area contributed by atoms with Gasteiger partial charge >= 0.3 is 6.18 Å². The standard InChI is InChI=1S/C20H29F3N4O/c1-25(12-13-28)18-4-8-27(9-5-18)19-14-17(20(21,22)23)3-2-16(19)15-26-10-6-24-7-11-26/h2-3,13-14,18,24H,4-12,15H2,1H3. The molecule has 0 aliphatic carbocycles. The summed E-state index contributed by atoms with van der Waals surface area (Å²) >= 11 is 0. The molecule has 0 aromatic heterocycles. The molecule has 1 aromatic carbocycles. The lowest BCUT2D eigenvalue weighted by atomic mass is 10.00. The third-order valence-corrected chi connectivity index (χ3v) is 5.81. The van der Waals surface area contributed by atoms with Crippen molar-refractivity contribution in [2.75, 3.05) is 57.8 Å². The molecular formula is C20H29F3N4O. The molecule has 0 saturated carbocycles. The predicted molar refractivity (Wildman–Crippen MR) is 104 cm³/mol. The SMILES string of the molecule is CN(CC=O)C1CCN(c2cc(C(F)(F)F)ccc2CN2CCNCC2)CC1. The monoisotopic (exact) mass is 398 g/mol. The molecule has 1 aromatic rings. The summed E-state index contributed by atoms with van der Waals surface area (Å²) in [7, 11) is 1.93. The number of likely N-dealkylation sites (N-methyl/N-ethyl adjacent to an activating group) is 1. The number of hydrogen-bond donors (Lipinski definition) is 1. The molecule has 2 heterocycles. The van der Waals surface area contributed by atoms with Gasteiger partial charge in [-0.2, -0.15) is 13.2 Å². The highest BCUT2D eigenvalue weighted by molar-refractivity contribution is 5.57. The van der Waals surface area contributed by atoms with Crippen LogP contribution in [0.3, 0.4) is 0 Å². The first kappa shape index (κ1) is 21.1. The first-order valence-corrected chi connectivity index (χ1v) is 9.90. The van der Waals surface area contributed by atoms with Crippen molar-refractivity contribution in [2.24, 2.45) is 0 Å². The summed E-state index contributed by atoms with van der Waals surface area (Å²) in [4.78, 5) is 17.1. The van der Waals surface area contributed by atoms with E-state index < -0.39 is 11.7 Å². The molecule has 1 N–H and O–H groups in total. The van der Waals surface area contributed by atoms with Crippen molar-refractivity contribution in [3.05, 3.63) is 29.3 Å². The fourth-order valence-corrected chi connectivity index (χ4v) is 4.09. The lowest BCUT2D eigenvalue weighted by Gasteiger charge is -2.39. The summed E-state index contributed by atoms with van der Waals surface area (Å²) in [6.07, 6.45) is -1.77. The van der Waals surface area contributed by atoms with E-state index in [0.717, 1.165) is 50.9 Å². The number of carbonyl (C=O) groups excluding carboxylic acids is 1. The van der Waals surface area contributed by atoms with Gasteiger partial charge in [-0.15, -0.1) is 0 Å². The number of alkyl halides is 3. The zero-order chi connectivity index (χ0) is 20.1. The average Bonchev–Trinajstić information content (AvgIpc) is 2.68. The lowest BCUT2D eigenvalue weighted by Crippen LogP contribution is -2.45. The van der Waals surface area contributed by atoms with E-state index >= 15 is 0 Å². The summed E-state index contributed by atoms with van der Waals surface area (Å²) in [6, 6.07) is 4.45. The second-order valence-electron chi connectivity index (χ2n) is 7.69. The number of nitrogens with one attached hydrogen (secondary N) is 1. The maximum Gasteiger partial charge on any atom is 0.416 e. The molecule has 3 rings (SSSR count). The number of carbonyl (C=O) groups is 1. The minimum absolute atomic E-state index is 0.295. The van der Waals surface area contributed by atoms with Gasteiger partial charge in [0.1, 0.15) is 6.29 Å². The van der Waals surface area contributed by atoms with Crippen LogP contribution in [0.25, 0.3) is 0 Å². The van der Waals surface area contributed by atoms with Crippen molar-refractivity contribution in [1.29, 1.82) is 0 Å². The number of aldehydes is 1. The smallest absolute Gasteiger partial charge is 0.371 e. The van der Waals surface area contributed by atoms with Crippen molar-refractivity contribution >= 4 is 12.0 Å². The molecule has 2 fully saturated rings. The van der Waals surface area contributed by atoms with Crippen LogP contribution in [0.2, 0.25) is 0 Å². The first-order valence-electron chi connectivity index (χ1n) is 9.90. The Morgan fingerprint density at radius 1 is 1.18 bits per heavy atom. The quantitative estimate of drug-likeness (QED) is 0.744. The summed E-state index contributed by atoms with van der Waals surface area (Å²) < 4.78 is 39.9. The van der Waals surface area contributed by atoms with Gasteiger partial charge in [0.25, 0.3) is 0 Å². The van der Waals surface area contributed by atoms with Crippen LogP contribution >= 0.6 is 0 Å². The van der Waals surface area contributed by atoms with Crippen LogP contribution in [0.15, 0.2) is 18.2 Å². The second kappa shape index (κ2) is 9.24. The fourth-order valence-electron chi connectivity index (χ4n) is 4.09. The van der Waals surface area contributed by atoms with Crippen molar-refractivity contribution in [3.8, 4) is 0 Å². The molecule has 2 aliphatic rings. The summed E-state index contributed by atoms with van der Waals surface area (Å²) in [5.74, 6) is 0. The lowest BCUT2D eigenvalue weighted by molar-refractivity contribution is -0.137. The van der Waals surface area contributed by atoms with Gasteiger partial charge in [-0.25, -0.2) is 0 Å². The Morgan fingerprint density at radius 3 is 2.46 bits per heavy atom. The van der Waals surface area contributed by atoms with Crippen LogP contribution in [0.4, 0.5) is 18.9 Å². The van der Waals surface area contributed by atoms with E-state index in [0.29, 0.717) is 37.9 Å². The molecule has 8 heteroatoms. The Morgan fingerprint density at radius 2 is 1.86 bits per heavy atom.